The maximum atomic E-state index is 5.62. The van der Waals surface area contributed by atoms with Gasteiger partial charge >= 0.3 is 0 Å². The maximum Gasteiger partial charge on any atom is 0.226 e. The number of aromatic nitrogens is 4. The molecule has 1 N–H and O–H groups in total. The summed E-state index contributed by atoms with van der Waals surface area (Å²) < 4.78 is 7.46. The maximum absolute atomic E-state index is 5.62. The van der Waals surface area contributed by atoms with Crippen LogP contribution in [0.5, 0.6) is 5.88 Å². The molecular formula is C16H18N4O. The molecular weight excluding hydrogens is 264 g/mol. The molecule has 5 heteroatoms. The molecule has 0 saturated heterocycles. The Labute approximate surface area is 123 Å². The first-order valence-electron chi connectivity index (χ1n) is 6.98. The summed E-state index contributed by atoms with van der Waals surface area (Å²) in [6, 6.07) is 12.0. The molecule has 0 unspecified atom stereocenters. The molecule has 0 aliphatic carbocycles. The van der Waals surface area contributed by atoms with E-state index in [9.17, 15) is 0 Å². The predicted octanol–water partition coefficient (Wildman–Crippen LogP) is 3.14. The van der Waals surface area contributed by atoms with Crippen molar-refractivity contribution >= 4 is 0 Å². The van der Waals surface area contributed by atoms with Gasteiger partial charge in [0, 0.05) is 5.69 Å². The van der Waals surface area contributed by atoms with Crippen LogP contribution in [0.3, 0.4) is 0 Å². The summed E-state index contributed by atoms with van der Waals surface area (Å²) in [6.07, 6.45) is 0.817. The summed E-state index contributed by atoms with van der Waals surface area (Å²) in [5, 5.41) is 12.0. The van der Waals surface area contributed by atoms with Crippen molar-refractivity contribution in [2.24, 2.45) is 0 Å². The molecule has 0 spiro atoms. The van der Waals surface area contributed by atoms with Crippen molar-refractivity contribution in [3.05, 3.63) is 47.8 Å². The fraction of sp³-hybridized carbons (Fsp3) is 0.250. The minimum absolute atomic E-state index is 0.713. The molecule has 3 rings (SSSR count). The minimum atomic E-state index is 0.713. The highest BCUT2D eigenvalue weighted by Crippen LogP contribution is 2.34. The number of methoxy groups -OCH3 is 1. The number of hydrogen-bond donors (Lipinski definition) is 1. The van der Waals surface area contributed by atoms with Gasteiger partial charge in [0.15, 0.2) is 0 Å². The molecule has 2 aromatic heterocycles. The fourth-order valence-corrected chi connectivity index (χ4v) is 2.43. The van der Waals surface area contributed by atoms with Crippen molar-refractivity contribution in [2.45, 2.75) is 20.3 Å². The summed E-state index contributed by atoms with van der Waals surface area (Å²) >= 11 is 0. The van der Waals surface area contributed by atoms with E-state index in [1.807, 2.05) is 48.0 Å². The van der Waals surface area contributed by atoms with E-state index in [1.54, 1.807) is 7.11 Å². The summed E-state index contributed by atoms with van der Waals surface area (Å²) in [7, 11) is 1.67. The van der Waals surface area contributed by atoms with Crippen molar-refractivity contribution < 1.29 is 4.74 Å². The number of para-hydroxylation sites is 1. The molecule has 1 aromatic carbocycles. The Kier molecular flexibility index (Phi) is 3.48. The topological polar surface area (TPSA) is 55.7 Å². The van der Waals surface area contributed by atoms with Crippen LogP contribution in [0.25, 0.3) is 16.9 Å². The van der Waals surface area contributed by atoms with E-state index in [2.05, 4.69) is 17.1 Å². The van der Waals surface area contributed by atoms with Crippen LogP contribution in [0.15, 0.2) is 36.4 Å². The molecule has 0 aliphatic rings. The Morgan fingerprint density at radius 3 is 2.57 bits per heavy atom. The van der Waals surface area contributed by atoms with Crippen LogP contribution in [0, 0.1) is 6.92 Å². The number of aryl methyl sites for hydroxylation is 2. The molecule has 0 fully saturated rings. The van der Waals surface area contributed by atoms with Gasteiger partial charge in [0.1, 0.15) is 0 Å². The zero-order valence-corrected chi connectivity index (χ0v) is 12.4. The number of aromatic amines is 1. The van der Waals surface area contributed by atoms with Crippen molar-refractivity contribution in [2.75, 3.05) is 7.11 Å². The van der Waals surface area contributed by atoms with E-state index in [4.69, 9.17) is 9.84 Å². The van der Waals surface area contributed by atoms with E-state index < -0.39 is 0 Å². The van der Waals surface area contributed by atoms with Gasteiger partial charge in [-0.05, 0) is 31.5 Å². The van der Waals surface area contributed by atoms with Crippen LogP contribution >= 0.6 is 0 Å². The lowest BCUT2D eigenvalue weighted by molar-refractivity contribution is 0.385. The molecule has 0 saturated carbocycles. The molecule has 0 amide bonds. The lowest BCUT2D eigenvalue weighted by Crippen LogP contribution is -2.00. The van der Waals surface area contributed by atoms with E-state index in [0.29, 0.717) is 5.88 Å². The van der Waals surface area contributed by atoms with Crippen LogP contribution in [-0.4, -0.2) is 27.1 Å². The van der Waals surface area contributed by atoms with Gasteiger partial charge in [-0.15, -0.1) is 0 Å². The zero-order valence-electron chi connectivity index (χ0n) is 12.4. The zero-order chi connectivity index (χ0) is 14.8. The Hall–Kier alpha value is -2.56. The van der Waals surface area contributed by atoms with Gasteiger partial charge < -0.3 is 4.74 Å². The van der Waals surface area contributed by atoms with E-state index in [-0.39, 0.29) is 0 Å². The first-order chi connectivity index (χ1) is 10.2. The van der Waals surface area contributed by atoms with Gasteiger partial charge in [-0.3, -0.25) is 5.10 Å². The lowest BCUT2D eigenvalue weighted by Gasteiger charge is -2.06. The van der Waals surface area contributed by atoms with Gasteiger partial charge in [0.25, 0.3) is 0 Å². The fourth-order valence-electron chi connectivity index (χ4n) is 2.43. The quantitative estimate of drug-likeness (QED) is 0.799. The molecule has 0 bridgehead atoms. The molecule has 2 heterocycles. The third-order valence-electron chi connectivity index (χ3n) is 3.41. The second kappa shape index (κ2) is 5.44. The van der Waals surface area contributed by atoms with Crippen LogP contribution in [0.4, 0.5) is 0 Å². The first-order valence-corrected chi connectivity index (χ1v) is 6.98. The van der Waals surface area contributed by atoms with Crippen LogP contribution < -0.4 is 4.74 Å². The minimum Gasteiger partial charge on any atom is -0.480 e. The van der Waals surface area contributed by atoms with Gasteiger partial charge in [0.2, 0.25) is 5.88 Å². The van der Waals surface area contributed by atoms with E-state index in [1.165, 1.54) is 0 Å². The Bertz CT molecular complexity index is 743. The molecule has 5 nitrogen and oxygen atoms in total. The third kappa shape index (κ3) is 2.31. The summed E-state index contributed by atoms with van der Waals surface area (Å²) in [6.45, 7) is 4.07. The first kappa shape index (κ1) is 13.4. The van der Waals surface area contributed by atoms with Crippen molar-refractivity contribution in [1.82, 2.24) is 20.0 Å². The van der Waals surface area contributed by atoms with Crippen molar-refractivity contribution in [3.8, 4) is 22.8 Å². The summed E-state index contributed by atoms with van der Waals surface area (Å²) in [5.74, 6) is 0.713. The molecule has 108 valence electrons. The van der Waals surface area contributed by atoms with Crippen molar-refractivity contribution in [1.29, 1.82) is 0 Å². The number of nitrogens with one attached hydrogen (secondary N) is 1. The second-order valence-electron chi connectivity index (χ2n) is 4.87. The number of nitrogens with zero attached hydrogens (tertiary/aromatic N) is 3. The Balaban J connectivity index is 2.22. The number of H-pyrrole nitrogens is 1. The summed E-state index contributed by atoms with van der Waals surface area (Å²) in [4.78, 5) is 0. The average Bonchev–Trinajstić information content (AvgIpc) is 3.10. The lowest BCUT2D eigenvalue weighted by atomic mass is 10.1. The largest absolute Gasteiger partial charge is 0.480 e. The highest BCUT2D eigenvalue weighted by molar-refractivity contribution is 5.69. The number of ether oxygens (including phenoxy) is 1. The van der Waals surface area contributed by atoms with E-state index in [0.717, 1.165) is 34.8 Å². The number of rotatable bonds is 4. The number of hydrogen-bond acceptors (Lipinski definition) is 3. The van der Waals surface area contributed by atoms with Crippen molar-refractivity contribution in [3.63, 3.8) is 0 Å². The monoisotopic (exact) mass is 282 g/mol. The van der Waals surface area contributed by atoms with Crippen LogP contribution in [0.2, 0.25) is 0 Å². The normalized spacial score (nSPS) is 10.8. The van der Waals surface area contributed by atoms with Gasteiger partial charge in [-0.1, -0.05) is 25.1 Å². The highest BCUT2D eigenvalue weighted by atomic mass is 16.5. The predicted molar refractivity (Wildman–Crippen MR) is 81.8 cm³/mol. The molecule has 0 atom stereocenters. The SMILES string of the molecule is CCc1nn(-c2ccccc2)c(OC)c1-c1cc(C)[nH]n1. The van der Waals surface area contributed by atoms with Gasteiger partial charge in [-0.25, -0.2) is 4.68 Å². The molecule has 0 radical (unpaired) electrons. The highest BCUT2D eigenvalue weighted by Gasteiger charge is 2.21. The summed E-state index contributed by atoms with van der Waals surface area (Å²) in [5.41, 5.74) is 4.78. The molecule has 3 aromatic rings. The Morgan fingerprint density at radius 1 is 1.24 bits per heavy atom. The standard InChI is InChI=1S/C16H18N4O/c1-4-13-15(14-10-11(2)17-18-14)16(21-3)20(19-13)12-8-6-5-7-9-12/h5-10H,4H2,1-3H3,(H,17,18). The van der Waals surface area contributed by atoms with Crippen LogP contribution in [-0.2, 0) is 6.42 Å². The molecule has 0 aliphatic heterocycles. The number of benzene rings is 1. The van der Waals surface area contributed by atoms with Crippen LogP contribution in [0.1, 0.15) is 18.3 Å². The van der Waals surface area contributed by atoms with E-state index >= 15 is 0 Å². The Morgan fingerprint density at radius 2 is 2.00 bits per heavy atom. The molecule has 21 heavy (non-hydrogen) atoms. The second-order valence-corrected chi connectivity index (χ2v) is 4.87. The smallest absolute Gasteiger partial charge is 0.226 e. The van der Waals surface area contributed by atoms with Gasteiger partial charge in [-0.2, -0.15) is 10.2 Å². The van der Waals surface area contributed by atoms with Gasteiger partial charge in [0.05, 0.1) is 29.7 Å². The third-order valence-corrected chi connectivity index (χ3v) is 3.41. The average molecular weight is 282 g/mol.